The van der Waals surface area contributed by atoms with Gasteiger partial charge in [-0.15, -0.1) is 0 Å². The molecule has 0 aromatic rings. The Kier molecular flexibility index (Phi) is 2.45. The van der Waals surface area contributed by atoms with Gasteiger partial charge in [0.15, 0.2) is 0 Å². The SMILES string of the molecule is CC[C@@H]1[C@H]2C=C[C@@H]3C(=O)CC[C@@H]3[C@H]2C[C@@H]1C. The number of ketones is 1. The molecule has 88 valence electrons. The van der Waals surface area contributed by atoms with Gasteiger partial charge in [-0.2, -0.15) is 0 Å². The van der Waals surface area contributed by atoms with E-state index < -0.39 is 0 Å². The molecule has 0 radical (unpaired) electrons. The molecule has 0 aliphatic heterocycles. The predicted molar refractivity (Wildman–Crippen MR) is 64.9 cm³/mol. The standard InChI is InChI=1S/C15H22O/c1-3-10-9(2)8-14-11(10)4-5-13-12(14)6-7-15(13)16/h4-5,9-14H,3,6-8H2,1-2H3/t9-,10-,11+,12-,13-,14-/m0/s1. The lowest BCUT2D eigenvalue weighted by atomic mass is 9.71. The molecule has 1 nitrogen and oxygen atoms in total. The number of rotatable bonds is 1. The molecular formula is C15H22O. The minimum Gasteiger partial charge on any atom is -0.299 e. The van der Waals surface area contributed by atoms with Crippen molar-refractivity contribution in [2.75, 3.05) is 0 Å². The lowest BCUT2D eigenvalue weighted by molar-refractivity contribution is -0.120. The molecule has 1 heteroatoms. The van der Waals surface area contributed by atoms with E-state index in [1.54, 1.807) is 0 Å². The third-order valence-corrected chi connectivity index (χ3v) is 5.48. The second-order valence-corrected chi connectivity index (χ2v) is 6.11. The van der Waals surface area contributed by atoms with Crippen LogP contribution in [0.15, 0.2) is 12.2 Å². The van der Waals surface area contributed by atoms with Gasteiger partial charge in [-0.25, -0.2) is 0 Å². The monoisotopic (exact) mass is 218 g/mol. The van der Waals surface area contributed by atoms with Crippen molar-refractivity contribution >= 4 is 5.78 Å². The zero-order chi connectivity index (χ0) is 11.3. The fourth-order valence-electron chi connectivity index (χ4n) is 4.75. The lowest BCUT2D eigenvalue weighted by Crippen LogP contribution is -2.29. The molecule has 3 aliphatic rings. The van der Waals surface area contributed by atoms with Gasteiger partial charge in [-0.05, 0) is 42.4 Å². The maximum absolute atomic E-state index is 11.8. The molecule has 0 unspecified atom stereocenters. The van der Waals surface area contributed by atoms with Gasteiger partial charge in [0, 0.05) is 12.3 Å². The van der Waals surface area contributed by atoms with Crippen LogP contribution in [0.1, 0.15) is 39.5 Å². The Hall–Kier alpha value is -0.590. The van der Waals surface area contributed by atoms with Crippen LogP contribution < -0.4 is 0 Å². The third kappa shape index (κ3) is 1.33. The van der Waals surface area contributed by atoms with Crippen molar-refractivity contribution in [2.45, 2.75) is 39.5 Å². The molecule has 0 amide bonds. The lowest BCUT2D eigenvalue weighted by Gasteiger charge is -2.33. The Labute approximate surface area is 98.3 Å². The van der Waals surface area contributed by atoms with E-state index in [-0.39, 0.29) is 0 Å². The summed E-state index contributed by atoms with van der Waals surface area (Å²) in [5, 5.41) is 0. The summed E-state index contributed by atoms with van der Waals surface area (Å²) in [6.45, 7) is 4.73. The van der Waals surface area contributed by atoms with Crippen LogP contribution in [0, 0.1) is 35.5 Å². The van der Waals surface area contributed by atoms with E-state index in [1.807, 2.05) is 0 Å². The quantitative estimate of drug-likeness (QED) is 0.616. The molecule has 0 saturated heterocycles. The fourth-order valence-corrected chi connectivity index (χ4v) is 4.75. The second-order valence-electron chi connectivity index (χ2n) is 6.11. The van der Waals surface area contributed by atoms with Gasteiger partial charge < -0.3 is 0 Å². The molecule has 3 aliphatic carbocycles. The van der Waals surface area contributed by atoms with Gasteiger partial charge in [-0.3, -0.25) is 4.79 Å². The normalized spacial score (nSPS) is 50.5. The molecule has 16 heavy (non-hydrogen) atoms. The minimum atomic E-state index is 0.295. The first kappa shape index (κ1) is 10.6. The van der Waals surface area contributed by atoms with E-state index in [4.69, 9.17) is 0 Å². The molecule has 0 aromatic carbocycles. The van der Waals surface area contributed by atoms with E-state index >= 15 is 0 Å². The van der Waals surface area contributed by atoms with Crippen LogP contribution in [0.5, 0.6) is 0 Å². The summed E-state index contributed by atoms with van der Waals surface area (Å²) in [6, 6.07) is 0. The van der Waals surface area contributed by atoms with E-state index in [0.29, 0.717) is 17.6 Å². The number of hydrogen-bond acceptors (Lipinski definition) is 1. The number of fused-ring (bicyclic) bond motifs is 3. The molecule has 6 atom stereocenters. The molecule has 0 heterocycles. The maximum atomic E-state index is 11.8. The summed E-state index contributed by atoms with van der Waals surface area (Å²) in [4.78, 5) is 11.8. The van der Waals surface area contributed by atoms with Crippen LogP contribution in [0.4, 0.5) is 0 Å². The number of Topliss-reactive ketones (excluding diaryl/α,β-unsaturated/α-hetero) is 1. The van der Waals surface area contributed by atoms with Gasteiger partial charge in [-0.1, -0.05) is 32.4 Å². The van der Waals surface area contributed by atoms with Gasteiger partial charge in [0.05, 0.1) is 0 Å². The van der Waals surface area contributed by atoms with Crippen LogP contribution >= 0.6 is 0 Å². The average Bonchev–Trinajstić information content (AvgIpc) is 2.78. The topological polar surface area (TPSA) is 17.1 Å². The van der Waals surface area contributed by atoms with E-state index in [1.165, 1.54) is 12.8 Å². The number of hydrogen-bond donors (Lipinski definition) is 0. The van der Waals surface area contributed by atoms with Crippen LogP contribution in [-0.2, 0) is 4.79 Å². The van der Waals surface area contributed by atoms with Crippen LogP contribution in [0.2, 0.25) is 0 Å². The summed E-state index contributed by atoms with van der Waals surface area (Å²) >= 11 is 0. The number of carbonyl (C=O) groups excluding carboxylic acids is 1. The van der Waals surface area contributed by atoms with Crippen LogP contribution in [-0.4, -0.2) is 5.78 Å². The highest BCUT2D eigenvalue weighted by atomic mass is 16.1. The third-order valence-electron chi connectivity index (χ3n) is 5.48. The van der Waals surface area contributed by atoms with Crippen molar-refractivity contribution < 1.29 is 4.79 Å². The van der Waals surface area contributed by atoms with Crippen LogP contribution in [0.25, 0.3) is 0 Å². The van der Waals surface area contributed by atoms with Crippen molar-refractivity contribution in [1.29, 1.82) is 0 Å². The van der Waals surface area contributed by atoms with Crippen molar-refractivity contribution in [3.63, 3.8) is 0 Å². The summed E-state index contributed by atoms with van der Waals surface area (Å²) in [7, 11) is 0. The van der Waals surface area contributed by atoms with Crippen molar-refractivity contribution in [1.82, 2.24) is 0 Å². The van der Waals surface area contributed by atoms with Crippen molar-refractivity contribution in [3.8, 4) is 0 Å². The number of carbonyl (C=O) groups is 1. The highest BCUT2D eigenvalue weighted by Crippen LogP contribution is 2.54. The van der Waals surface area contributed by atoms with Gasteiger partial charge in [0.2, 0.25) is 0 Å². The smallest absolute Gasteiger partial charge is 0.140 e. The van der Waals surface area contributed by atoms with Gasteiger partial charge in [0.25, 0.3) is 0 Å². The first-order valence-corrected chi connectivity index (χ1v) is 6.93. The first-order valence-electron chi connectivity index (χ1n) is 6.93. The first-order chi connectivity index (χ1) is 7.72. The Bertz CT molecular complexity index is 330. The predicted octanol–water partition coefficient (Wildman–Crippen LogP) is 3.45. The van der Waals surface area contributed by atoms with E-state index in [0.717, 1.165) is 36.5 Å². The highest BCUT2D eigenvalue weighted by Gasteiger charge is 2.49. The summed E-state index contributed by atoms with van der Waals surface area (Å²) in [6.07, 6.45) is 9.32. The number of allylic oxidation sites excluding steroid dienone is 2. The Morgan fingerprint density at radius 3 is 2.88 bits per heavy atom. The second kappa shape index (κ2) is 3.72. The largest absolute Gasteiger partial charge is 0.299 e. The highest BCUT2D eigenvalue weighted by molar-refractivity contribution is 5.85. The molecule has 0 spiro atoms. The molecular weight excluding hydrogens is 196 g/mol. The average molecular weight is 218 g/mol. The molecule has 2 fully saturated rings. The van der Waals surface area contributed by atoms with Crippen LogP contribution in [0.3, 0.4) is 0 Å². The van der Waals surface area contributed by atoms with Crippen molar-refractivity contribution in [3.05, 3.63) is 12.2 Å². The zero-order valence-corrected chi connectivity index (χ0v) is 10.4. The summed E-state index contributed by atoms with van der Waals surface area (Å²) in [5.74, 6) is 4.84. The molecule has 2 saturated carbocycles. The maximum Gasteiger partial charge on any atom is 0.140 e. The Morgan fingerprint density at radius 1 is 1.31 bits per heavy atom. The van der Waals surface area contributed by atoms with Crippen molar-refractivity contribution in [2.24, 2.45) is 35.5 Å². The summed E-state index contributed by atoms with van der Waals surface area (Å²) < 4.78 is 0. The summed E-state index contributed by atoms with van der Waals surface area (Å²) in [5.41, 5.74) is 0. The molecule has 0 aromatic heterocycles. The van der Waals surface area contributed by atoms with Gasteiger partial charge in [0.1, 0.15) is 5.78 Å². The zero-order valence-electron chi connectivity index (χ0n) is 10.4. The van der Waals surface area contributed by atoms with Gasteiger partial charge >= 0.3 is 0 Å². The Morgan fingerprint density at radius 2 is 2.12 bits per heavy atom. The van der Waals surface area contributed by atoms with E-state index in [9.17, 15) is 4.79 Å². The molecule has 0 bridgehead atoms. The van der Waals surface area contributed by atoms with E-state index in [2.05, 4.69) is 26.0 Å². The Balaban J connectivity index is 1.90. The minimum absolute atomic E-state index is 0.295. The fraction of sp³-hybridized carbons (Fsp3) is 0.800. The molecule has 3 rings (SSSR count). The molecule has 0 N–H and O–H groups in total.